The van der Waals surface area contributed by atoms with Crippen LogP contribution in [0.3, 0.4) is 0 Å². The number of aliphatic hydroxyl groups excluding tert-OH is 1. The van der Waals surface area contributed by atoms with Gasteiger partial charge in [0.2, 0.25) is 0 Å². The fourth-order valence-corrected chi connectivity index (χ4v) is 2.56. The monoisotopic (exact) mass is 296 g/mol. The summed E-state index contributed by atoms with van der Waals surface area (Å²) in [6, 6.07) is 6.80. The molecule has 0 spiro atoms. The van der Waals surface area contributed by atoms with Gasteiger partial charge in [0.05, 0.1) is 11.1 Å². The molecule has 5 N–H and O–H groups in total. The van der Waals surface area contributed by atoms with Gasteiger partial charge in [0.15, 0.2) is 5.16 Å². The predicted molar refractivity (Wildman–Crippen MR) is 77.1 cm³/mol. The summed E-state index contributed by atoms with van der Waals surface area (Å²) in [4.78, 5) is 8.91. The summed E-state index contributed by atoms with van der Waals surface area (Å²) in [6.45, 7) is 1.68. The number of rotatable bonds is 3. The van der Waals surface area contributed by atoms with E-state index >= 15 is 0 Å². The lowest BCUT2D eigenvalue weighted by atomic mass is 10.1. The second-order valence-corrected chi connectivity index (χ2v) is 5.38. The van der Waals surface area contributed by atoms with Crippen LogP contribution in [-0.2, 0) is 0 Å². The normalized spacial score (nSPS) is 12.4. The van der Waals surface area contributed by atoms with Crippen LogP contribution < -0.4 is 11.5 Å². The number of aromatic nitrogens is 2. The molecule has 100 valence electrons. The van der Waals surface area contributed by atoms with Gasteiger partial charge in [-0.1, -0.05) is 17.7 Å². The van der Waals surface area contributed by atoms with E-state index in [0.717, 1.165) is 10.5 Å². The lowest BCUT2D eigenvalue weighted by Crippen LogP contribution is -1.99. The molecule has 0 aliphatic heterocycles. The van der Waals surface area contributed by atoms with Crippen molar-refractivity contribution in [2.45, 2.75) is 23.1 Å². The van der Waals surface area contributed by atoms with Crippen LogP contribution in [0.4, 0.5) is 11.6 Å². The number of benzene rings is 1. The molecule has 0 aliphatic rings. The molecule has 1 aromatic heterocycles. The fourth-order valence-electron chi connectivity index (χ4n) is 1.47. The molecule has 0 fully saturated rings. The Morgan fingerprint density at radius 2 is 1.84 bits per heavy atom. The first-order valence-electron chi connectivity index (χ1n) is 5.51. The van der Waals surface area contributed by atoms with Crippen LogP contribution in [0.2, 0.25) is 5.02 Å². The van der Waals surface area contributed by atoms with E-state index < -0.39 is 6.10 Å². The van der Waals surface area contributed by atoms with E-state index in [1.807, 2.05) is 0 Å². The zero-order chi connectivity index (χ0) is 14.0. The molecule has 2 rings (SSSR count). The number of halogens is 1. The third kappa shape index (κ3) is 3.50. The molecule has 0 bridgehead atoms. The average Bonchev–Trinajstić information content (AvgIpc) is 2.30. The van der Waals surface area contributed by atoms with E-state index in [2.05, 4.69) is 9.97 Å². The first-order valence-corrected chi connectivity index (χ1v) is 6.70. The molecule has 0 aliphatic carbocycles. The summed E-state index contributed by atoms with van der Waals surface area (Å²) in [5, 5.41) is 10.4. The number of hydrogen-bond donors (Lipinski definition) is 3. The molecule has 5 nitrogen and oxygen atoms in total. The number of nitrogens with zero attached hydrogens (tertiary/aromatic N) is 2. The van der Waals surface area contributed by atoms with Crippen LogP contribution in [0.5, 0.6) is 0 Å². The van der Waals surface area contributed by atoms with Crippen LogP contribution in [0.15, 0.2) is 34.3 Å². The van der Waals surface area contributed by atoms with Crippen LogP contribution in [-0.4, -0.2) is 15.1 Å². The topological polar surface area (TPSA) is 98.0 Å². The van der Waals surface area contributed by atoms with Crippen LogP contribution in [0, 0.1) is 0 Å². The maximum Gasteiger partial charge on any atom is 0.196 e. The van der Waals surface area contributed by atoms with Crippen molar-refractivity contribution in [2.24, 2.45) is 0 Å². The Bertz CT molecular complexity index is 586. The van der Waals surface area contributed by atoms with Crippen molar-refractivity contribution in [2.75, 3.05) is 11.5 Å². The Hall–Kier alpha value is -1.50. The molecule has 0 radical (unpaired) electrons. The van der Waals surface area contributed by atoms with Gasteiger partial charge in [-0.05, 0) is 36.4 Å². The van der Waals surface area contributed by atoms with E-state index in [4.69, 9.17) is 23.1 Å². The predicted octanol–water partition coefficient (Wildman–Crippen LogP) is 2.50. The molecule has 2 aromatic rings. The molecule has 1 atom stereocenters. The quantitative estimate of drug-likeness (QED) is 0.753. The Labute approximate surface area is 120 Å². The molecule has 1 aromatic carbocycles. The Morgan fingerprint density at radius 3 is 2.37 bits per heavy atom. The van der Waals surface area contributed by atoms with Crippen molar-refractivity contribution in [3.63, 3.8) is 0 Å². The number of aliphatic hydroxyl groups is 1. The Kier molecular flexibility index (Phi) is 4.14. The van der Waals surface area contributed by atoms with Gasteiger partial charge >= 0.3 is 0 Å². The maximum absolute atomic E-state index is 9.48. The highest BCUT2D eigenvalue weighted by Crippen LogP contribution is 2.33. The SMILES string of the molecule is C[C@H](O)c1ccc(Sc2nc(N)cc(N)n2)c(Cl)c1. The number of hydrogen-bond acceptors (Lipinski definition) is 6. The Morgan fingerprint density at radius 1 is 1.21 bits per heavy atom. The number of nitrogen functional groups attached to an aromatic ring is 2. The van der Waals surface area contributed by atoms with E-state index in [9.17, 15) is 5.11 Å². The van der Waals surface area contributed by atoms with Gasteiger partial charge in [0.25, 0.3) is 0 Å². The second kappa shape index (κ2) is 5.64. The van der Waals surface area contributed by atoms with Gasteiger partial charge in [-0.2, -0.15) is 0 Å². The summed E-state index contributed by atoms with van der Waals surface area (Å²) in [5.74, 6) is 0.624. The van der Waals surface area contributed by atoms with Crippen molar-refractivity contribution in [3.8, 4) is 0 Å². The number of nitrogens with two attached hydrogens (primary N) is 2. The second-order valence-electron chi connectivity index (χ2n) is 3.97. The molecule has 0 amide bonds. The fraction of sp³-hybridized carbons (Fsp3) is 0.167. The summed E-state index contributed by atoms with van der Waals surface area (Å²) in [7, 11) is 0. The van der Waals surface area contributed by atoms with Gasteiger partial charge in [-0.3, -0.25) is 0 Å². The van der Waals surface area contributed by atoms with Gasteiger partial charge in [-0.25, -0.2) is 9.97 Å². The highest BCUT2D eigenvalue weighted by Gasteiger charge is 2.09. The van der Waals surface area contributed by atoms with E-state index in [-0.39, 0.29) is 0 Å². The Balaban J connectivity index is 2.28. The highest BCUT2D eigenvalue weighted by atomic mass is 35.5. The standard InChI is InChI=1S/C12H13ClN4OS/c1-6(18)7-2-3-9(8(13)4-7)19-12-16-10(14)5-11(15)17-12/h2-6,18H,1H3,(H4,14,15,16,17)/t6-/m0/s1. The minimum absolute atomic E-state index is 0.312. The zero-order valence-corrected chi connectivity index (χ0v) is 11.7. The lowest BCUT2D eigenvalue weighted by Gasteiger charge is -2.08. The molecule has 1 heterocycles. The van der Waals surface area contributed by atoms with Crippen molar-refractivity contribution >= 4 is 35.0 Å². The third-order valence-electron chi connectivity index (χ3n) is 2.38. The van der Waals surface area contributed by atoms with Crippen LogP contribution >= 0.6 is 23.4 Å². The maximum atomic E-state index is 9.48. The smallest absolute Gasteiger partial charge is 0.196 e. The van der Waals surface area contributed by atoms with Gasteiger partial charge in [0, 0.05) is 11.0 Å². The van der Waals surface area contributed by atoms with Gasteiger partial charge in [-0.15, -0.1) is 0 Å². The lowest BCUT2D eigenvalue weighted by molar-refractivity contribution is 0.199. The highest BCUT2D eigenvalue weighted by molar-refractivity contribution is 7.99. The summed E-state index contributed by atoms with van der Waals surface area (Å²) < 4.78 is 0. The molecule has 0 saturated heterocycles. The van der Waals surface area contributed by atoms with E-state index in [0.29, 0.717) is 21.8 Å². The first kappa shape index (κ1) is 13.9. The molecule has 0 saturated carbocycles. The molecular formula is C12H13ClN4OS. The zero-order valence-electron chi connectivity index (χ0n) is 10.2. The molecule has 7 heteroatoms. The molecule has 19 heavy (non-hydrogen) atoms. The van der Waals surface area contributed by atoms with Gasteiger partial charge in [0.1, 0.15) is 11.6 Å². The van der Waals surface area contributed by atoms with E-state index in [1.165, 1.54) is 17.8 Å². The van der Waals surface area contributed by atoms with Crippen molar-refractivity contribution in [1.82, 2.24) is 9.97 Å². The summed E-state index contributed by atoms with van der Waals surface area (Å²) >= 11 is 7.42. The minimum Gasteiger partial charge on any atom is -0.389 e. The minimum atomic E-state index is -0.559. The van der Waals surface area contributed by atoms with E-state index in [1.54, 1.807) is 25.1 Å². The average molecular weight is 297 g/mol. The number of anilines is 2. The van der Waals surface area contributed by atoms with Crippen molar-refractivity contribution in [1.29, 1.82) is 0 Å². The van der Waals surface area contributed by atoms with Crippen LogP contribution in [0.25, 0.3) is 0 Å². The van der Waals surface area contributed by atoms with Crippen molar-refractivity contribution in [3.05, 3.63) is 34.9 Å². The van der Waals surface area contributed by atoms with Crippen LogP contribution in [0.1, 0.15) is 18.6 Å². The first-order chi connectivity index (χ1) is 8.95. The summed E-state index contributed by atoms with van der Waals surface area (Å²) in [6.07, 6.45) is -0.559. The van der Waals surface area contributed by atoms with Crippen molar-refractivity contribution < 1.29 is 5.11 Å². The van der Waals surface area contributed by atoms with Gasteiger partial charge < -0.3 is 16.6 Å². The largest absolute Gasteiger partial charge is 0.389 e. The summed E-state index contributed by atoms with van der Waals surface area (Å²) in [5.41, 5.74) is 12.0. The molecule has 0 unspecified atom stereocenters. The third-order valence-corrected chi connectivity index (χ3v) is 3.75. The molecular weight excluding hydrogens is 284 g/mol.